The van der Waals surface area contributed by atoms with E-state index in [1.54, 1.807) is 0 Å². The fraction of sp³-hybridized carbons (Fsp3) is 0.333. The van der Waals surface area contributed by atoms with E-state index < -0.39 is 20.5 Å². The van der Waals surface area contributed by atoms with E-state index in [9.17, 15) is 0 Å². The number of halogens is 2. The van der Waals surface area contributed by atoms with Gasteiger partial charge in [-0.25, -0.2) is 57.2 Å². The zero-order chi connectivity index (χ0) is 30.6. The largest absolute Gasteiger partial charge is 1.00 e. The van der Waals surface area contributed by atoms with Crippen molar-refractivity contribution in [3.63, 3.8) is 0 Å². The number of aliphatic imine (C=N–C) groups is 4. The monoisotopic (exact) mass is 844 g/mol. The van der Waals surface area contributed by atoms with E-state index in [0.717, 1.165) is 72.0 Å². The molecule has 0 saturated carbocycles. The summed E-state index contributed by atoms with van der Waals surface area (Å²) in [5.74, 6) is 2.89. The minimum atomic E-state index is -4.94. The molecule has 4 aliphatic heterocycles. The fourth-order valence-electron chi connectivity index (χ4n) is 3.61. The number of hydrogen-bond acceptors (Lipinski definition) is 16. The average Bonchev–Trinajstić information content (AvgIpc) is 3.76. The second-order valence-corrected chi connectivity index (χ2v) is 9.57. The summed E-state index contributed by atoms with van der Waals surface area (Å²) in [5.41, 5.74) is 3.97. The van der Waals surface area contributed by atoms with Crippen LogP contribution in [-0.4, -0.2) is 76.2 Å². The Bertz CT molecular complexity index is 1130. The number of hydrogen-bond donors (Lipinski definition) is 0. The molecule has 20 heteroatoms. The summed E-state index contributed by atoms with van der Waals surface area (Å²) in [7, 11) is -9.89. The fourth-order valence-corrected chi connectivity index (χ4v) is 3.61. The van der Waals surface area contributed by atoms with Crippen LogP contribution in [0.3, 0.4) is 0 Å². The molecule has 4 heterocycles. The topological polar surface area (TPSA) is 271 Å². The van der Waals surface area contributed by atoms with Crippen molar-refractivity contribution in [2.24, 2.45) is 20.0 Å². The molecule has 0 saturated heterocycles. The Hall–Kier alpha value is -1.94. The van der Waals surface area contributed by atoms with Crippen LogP contribution in [0, 0.1) is 20.5 Å². The van der Waals surface area contributed by atoms with Crippen molar-refractivity contribution < 1.29 is 121 Å². The standard InChI is InChI=1S/2C12H12N2O2.2Ag.2ClHO4/c2*1-2-9(11-13-4-6-15-11)8-10(3-1)12-14-5-7-16-12;;;2*2-1(3,4)5/h2*1-3,8H,4-7H2;;;2*(H,2,3,4,5)/q;;2*+1;;/p-2. The zero-order valence-electron chi connectivity index (χ0n) is 22.3. The molecule has 6 rings (SSSR count). The van der Waals surface area contributed by atoms with Gasteiger partial charge in [-0.05, 0) is 36.4 Å². The molecule has 0 aliphatic carbocycles. The van der Waals surface area contributed by atoms with Crippen LogP contribution in [0.25, 0.3) is 0 Å². The van der Waals surface area contributed by atoms with Crippen molar-refractivity contribution in [1.29, 1.82) is 0 Å². The minimum absolute atomic E-state index is 0. The van der Waals surface area contributed by atoms with Crippen LogP contribution < -0.4 is 37.3 Å². The van der Waals surface area contributed by atoms with Gasteiger partial charge in [-0.3, -0.25) is 0 Å². The van der Waals surface area contributed by atoms with Crippen LogP contribution in [0.4, 0.5) is 0 Å². The molecule has 16 nitrogen and oxygen atoms in total. The number of rotatable bonds is 4. The molecule has 0 fully saturated rings. The van der Waals surface area contributed by atoms with Gasteiger partial charge < -0.3 is 18.9 Å². The molecule has 0 aromatic heterocycles. The Balaban J connectivity index is 0.000000328. The van der Waals surface area contributed by atoms with E-state index in [1.165, 1.54) is 0 Å². The molecule has 2 aromatic carbocycles. The van der Waals surface area contributed by atoms with E-state index in [0.29, 0.717) is 26.4 Å². The summed E-state index contributed by atoms with van der Waals surface area (Å²) in [6, 6.07) is 15.9. The molecular formula is C24H24Ag2Cl2N4O12. The number of benzene rings is 2. The Morgan fingerprint density at radius 1 is 0.432 bits per heavy atom. The predicted molar refractivity (Wildman–Crippen MR) is 122 cm³/mol. The molecule has 0 amide bonds. The van der Waals surface area contributed by atoms with Crippen molar-refractivity contribution in [2.75, 3.05) is 52.6 Å². The zero-order valence-corrected chi connectivity index (χ0v) is 26.8. The third-order valence-corrected chi connectivity index (χ3v) is 5.05. The molecule has 44 heavy (non-hydrogen) atoms. The third kappa shape index (κ3) is 15.9. The Labute approximate surface area is 286 Å². The maximum Gasteiger partial charge on any atom is 1.00 e. The predicted octanol–water partition coefficient (Wildman–Crippen LogP) is -7.04. The molecular weight excluding hydrogens is 823 g/mol. The van der Waals surface area contributed by atoms with Crippen LogP contribution in [0.15, 0.2) is 68.5 Å². The smallest absolute Gasteiger partial charge is 0.476 e. The van der Waals surface area contributed by atoms with Crippen molar-refractivity contribution in [3.8, 4) is 0 Å². The summed E-state index contributed by atoms with van der Waals surface area (Å²) in [5, 5.41) is 0. The minimum Gasteiger partial charge on any atom is -0.476 e. The molecule has 0 bridgehead atoms. The first-order valence-corrected chi connectivity index (χ1v) is 14.5. The van der Waals surface area contributed by atoms with Crippen molar-refractivity contribution in [1.82, 2.24) is 0 Å². The van der Waals surface area contributed by atoms with Gasteiger partial charge in [-0.15, -0.1) is 20.5 Å². The maximum atomic E-state index is 8.49. The van der Waals surface area contributed by atoms with E-state index in [-0.39, 0.29) is 44.8 Å². The van der Waals surface area contributed by atoms with Gasteiger partial charge in [-0.1, -0.05) is 12.1 Å². The van der Waals surface area contributed by atoms with Gasteiger partial charge in [0.15, 0.2) is 0 Å². The molecule has 0 spiro atoms. The Morgan fingerprint density at radius 2 is 0.636 bits per heavy atom. The van der Waals surface area contributed by atoms with Crippen LogP contribution >= 0.6 is 0 Å². The number of ether oxygens (including phenoxy) is 4. The van der Waals surface area contributed by atoms with Gasteiger partial charge >= 0.3 is 44.8 Å². The van der Waals surface area contributed by atoms with E-state index in [1.807, 2.05) is 48.5 Å². The molecule has 0 atom stereocenters. The van der Waals surface area contributed by atoms with Crippen molar-refractivity contribution >= 4 is 23.6 Å². The molecule has 4 aliphatic rings. The van der Waals surface area contributed by atoms with E-state index >= 15 is 0 Å². The summed E-state index contributed by atoms with van der Waals surface area (Å²) >= 11 is 0. The molecule has 0 radical (unpaired) electrons. The normalized spacial score (nSPS) is 16.4. The molecule has 0 unspecified atom stereocenters. The maximum absolute atomic E-state index is 8.49. The van der Waals surface area contributed by atoms with Gasteiger partial charge in [0, 0.05) is 22.3 Å². The molecule has 0 N–H and O–H groups in total. The summed E-state index contributed by atoms with van der Waals surface area (Å²) in [6.07, 6.45) is 0. The van der Waals surface area contributed by atoms with Crippen LogP contribution in [0.5, 0.6) is 0 Å². The average molecular weight is 847 g/mol. The summed E-state index contributed by atoms with van der Waals surface area (Å²) in [6.45, 7) is 5.70. The van der Waals surface area contributed by atoms with Crippen LogP contribution in [0.2, 0.25) is 0 Å². The molecule has 248 valence electrons. The van der Waals surface area contributed by atoms with Gasteiger partial charge in [0.2, 0.25) is 23.6 Å². The van der Waals surface area contributed by atoms with Crippen LogP contribution in [0.1, 0.15) is 22.3 Å². The van der Waals surface area contributed by atoms with Gasteiger partial charge in [0.05, 0.1) is 26.2 Å². The summed E-state index contributed by atoms with van der Waals surface area (Å²) in [4.78, 5) is 17.1. The first kappa shape index (κ1) is 40.1. The third-order valence-electron chi connectivity index (χ3n) is 5.05. The summed E-state index contributed by atoms with van der Waals surface area (Å²) < 4.78 is 89.6. The second-order valence-electron chi connectivity index (χ2n) is 8.06. The van der Waals surface area contributed by atoms with Crippen LogP contribution in [-0.2, 0) is 63.7 Å². The molecule has 2 aromatic rings. The quantitative estimate of drug-likeness (QED) is 0.260. The van der Waals surface area contributed by atoms with E-state index in [2.05, 4.69) is 20.0 Å². The first-order valence-electron chi connectivity index (χ1n) is 12.0. The Kier molecular flexibility index (Phi) is 17.8. The van der Waals surface area contributed by atoms with Gasteiger partial charge in [0.25, 0.3) is 0 Å². The number of nitrogens with zero attached hydrogens (tertiary/aromatic N) is 4. The van der Waals surface area contributed by atoms with Crippen molar-refractivity contribution in [2.45, 2.75) is 0 Å². The SMILES string of the molecule is [Ag+].[Ag+].[O-][Cl+3]([O-])([O-])[O-].[O-][Cl+3]([O-])([O-])[O-].c1cc(C2=NCCO2)cc(C2=NCCO2)c1.c1cc(C2=NCCO2)cc(C2=NCCO2)c1. The van der Waals surface area contributed by atoms with Crippen molar-refractivity contribution in [3.05, 3.63) is 70.8 Å². The Morgan fingerprint density at radius 3 is 0.795 bits per heavy atom. The first-order chi connectivity index (χ1) is 19.9. The van der Waals surface area contributed by atoms with E-state index in [4.69, 9.17) is 56.2 Å². The van der Waals surface area contributed by atoms with Gasteiger partial charge in [-0.2, -0.15) is 0 Å². The second kappa shape index (κ2) is 19.5. The van der Waals surface area contributed by atoms with Gasteiger partial charge in [0.1, 0.15) is 26.4 Å².